The Bertz CT molecular complexity index is 1260. The summed E-state index contributed by atoms with van der Waals surface area (Å²) in [7, 11) is 1.98. The molecule has 32 heavy (non-hydrogen) atoms. The van der Waals surface area contributed by atoms with E-state index in [-0.39, 0.29) is 12.2 Å². The van der Waals surface area contributed by atoms with Crippen LogP contribution in [0.1, 0.15) is 21.6 Å². The summed E-state index contributed by atoms with van der Waals surface area (Å²) in [6.45, 7) is 4.26. The predicted octanol–water partition coefficient (Wildman–Crippen LogP) is 1.79. The van der Waals surface area contributed by atoms with Gasteiger partial charge in [0.2, 0.25) is 5.69 Å². The van der Waals surface area contributed by atoms with Gasteiger partial charge >= 0.3 is 5.69 Å². The lowest BCUT2D eigenvalue weighted by Crippen LogP contribution is -2.51. The van der Waals surface area contributed by atoms with Crippen molar-refractivity contribution in [2.75, 3.05) is 33.2 Å². The number of carbonyl (C=O) groups excluding carboxylic acids is 1. The number of halogens is 1. The second-order valence-corrected chi connectivity index (χ2v) is 8.36. The van der Waals surface area contributed by atoms with Crippen molar-refractivity contribution in [1.29, 1.82) is 0 Å². The second-order valence-electron chi connectivity index (χ2n) is 7.96. The Morgan fingerprint density at radius 1 is 1.00 bits per heavy atom. The molecule has 1 aliphatic heterocycles. The fourth-order valence-corrected chi connectivity index (χ4v) is 3.79. The highest BCUT2D eigenvalue weighted by Gasteiger charge is 2.27. The van der Waals surface area contributed by atoms with E-state index in [1.165, 1.54) is 0 Å². The number of hydrogen-bond acceptors (Lipinski definition) is 5. The van der Waals surface area contributed by atoms with Crippen LogP contribution < -0.4 is 11.2 Å². The van der Waals surface area contributed by atoms with E-state index >= 15 is 0 Å². The Kier molecular flexibility index (Phi) is 6.25. The molecule has 1 aromatic heterocycles. The summed E-state index contributed by atoms with van der Waals surface area (Å²) in [6, 6.07) is 14.1. The molecular formula is C23H24ClN5O3. The molecule has 8 nitrogen and oxygen atoms in total. The third-order valence-electron chi connectivity index (χ3n) is 5.62. The van der Waals surface area contributed by atoms with Gasteiger partial charge in [-0.3, -0.25) is 14.2 Å². The van der Waals surface area contributed by atoms with Gasteiger partial charge in [0.25, 0.3) is 11.5 Å². The average Bonchev–Trinajstić information content (AvgIpc) is 2.79. The molecular weight excluding hydrogens is 430 g/mol. The van der Waals surface area contributed by atoms with Crippen LogP contribution in [-0.4, -0.2) is 63.3 Å². The van der Waals surface area contributed by atoms with Crippen molar-refractivity contribution in [3.8, 4) is 5.69 Å². The van der Waals surface area contributed by atoms with Crippen molar-refractivity contribution in [2.45, 2.75) is 13.5 Å². The van der Waals surface area contributed by atoms with Gasteiger partial charge in [-0.15, -0.1) is 0 Å². The highest BCUT2D eigenvalue weighted by molar-refractivity contribution is 6.31. The summed E-state index contributed by atoms with van der Waals surface area (Å²) < 4.78 is 2.14. The normalized spacial score (nSPS) is 14.5. The van der Waals surface area contributed by atoms with Gasteiger partial charge in [0.05, 0.1) is 12.2 Å². The van der Waals surface area contributed by atoms with Crippen LogP contribution in [-0.2, 0) is 6.54 Å². The van der Waals surface area contributed by atoms with Gasteiger partial charge in [0.15, 0.2) is 0 Å². The number of rotatable bonds is 4. The number of piperazine rings is 1. The number of benzene rings is 2. The Balaban J connectivity index is 1.85. The zero-order valence-electron chi connectivity index (χ0n) is 18.0. The molecule has 4 rings (SSSR count). The maximum Gasteiger partial charge on any atom is 0.352 e. The van der Waals surface area contributed by atoms with Crippen molar-refractivity contribution in [1.82, 2.24) is 24.1 Å². The molecule has 0 N–H and O–H groups in total. The highest BCUT2D eigenvalue weighted by atomic mass is 35.5. The SMILES string of the molecule is Cc1ccc(-n2nc(C(=O)N3CCN(C)CC3)c(=O)n(Cc3ccccc3Cl)c2=O)cc1. The molecule has 0 aliphatic carbocycles. The minimum atomic E-state index is -0.720. The zero-order chi connectivity index (χ0) is 22.8. The first-order valence-electron chi connectivity index (χ1n) is 10.4. The third-order valence-corrected chi connectivity index (χ3v) is 5.99. The molecule has 0 atom stereocenters. The monoisotopic (exact) mass is 453 g/mol. The molecule has 1 saturated heterocycles. The fraction of sp³-hybridized carbons (Fsp3) is 0.304. The summed E-state index contributed by atoms with van der Waals surface area (Å²) in [5, 5.41) is 4.66. The van der Waals surface area contributed by atoms with Gasteiger partial charge in [-0.25, -0.2) is 4.79 Å². The molecule has 1 amide bonds. The van der Waals surface area contributed by atoms with Gasteiger partial charge in [0, 0.05) is 31.2 Å². The van der Waals surface area contributed by atoms with Crippen molar-refractivity contribution in [3.05, 3.63) is 91.2 Å². The third kappa shape index (κ3) is 4.37. The molecule has 1 aliphatic rings. The smallest absolute Gasteiger partial charge is 0.335 e. The van der Waals surface area contributed by atoms with Crippen molar-refractivity contribution in [2.24, 2.45) is 0 Å². The Hall–Kier alpha value is -3.23. The predicted molar refractivity (Wildman–Crippen MR) is 123 cm³/mol. The van der Waals surface area contributed by atoms with Gasteiger partial charge < -0.3 is 9.80 Å². The lowest BCUT2D eigenvalue weighted by Gasteiger charge is -2.32. The van der Waals surface area contributed by atoms with Crippen LogP contribution in [0, 0.1) is 6.92 Å². The first-order valence-corrected chi connectivity index (χ1v) is 10.8. The number of likely N-dealkylation sites (N-methyl/N-ethyl adjacent to an activating group) is 1. The molecule has 0 bridgehead atoms. The van der Waals surface area contributed by atoms with Crippen molar-refractivity contribution in [3.63, 3.8) is 0 Å². The maximum atomic E-state index is 13.3. The van der Waals surface area contributed by atoms with Crippen LogP contribution in [0.3, 0.4) is 0 Å². The quantitative estimate of drug-likeness (QED) is 0.601. The summed E-state index contributed by atoms with van der Waals surface area (Å²) in [4.78, 5) is 43.5. The number of amides is 1. The number of carbonyl (C=O) groups is 1. The molecule has 2 aromatic carbocycles. The Morgan fingerprint density at radius 2 is 1.66 bits per heavy atom. The lowest BCUT2D eigenvalue weighted by molar-refractivity contribution is 0.0652. The van der Waals surface area contributed by atoms with Crippen LogP contribution in [0.15, 0.2) is 58.1 Å². The van der Waals surface area contributed by atoms with E-state index in [1.807, 2.05) is 26.1 Å². The molecule has 0 radical (unpaired) electrons. The van der Waals surface area contributed by atoms with Crippen molar-refractivity contribution < 1.29 is 4.79 Å². The standard InChI is InChI=1S/C23H24ClN5O3/c1-16-7-9-18(10-8-16)29-23(32)28(15-17-5-3-4-6-19(17)24)22(31)20(25-29)21(30)27-13-11-26(2)12-14-27/h3-10H,11-15H2,1-2H3. The molecule has 1 fully saturated rings. The van der Waals surface area contributed by atoms with E-state index in [9.17, 15) is 14.4 Å². The van der Waals surface area contributed by atoms with E-state index in [1.54, 1.807) is 41.3 Å². The minimum absolute atomic E-state index is 0.0608. The maximum absolute atomic E-state index is 13.3. The van der Waals surface area contributed by atoms with E-state index in [0.29, 0.717) is 42.5 Å². The molecule has 9 heteroatoms. The van der Waals surface area contributed by atoms with Crippen LogP contribution in [0.2, 0.25) is 5.02 Å². The second kappa shape index (κ2) is 9.10. The molecule has 0 unspecified atom stereocenters. The van der Waals surface area contributed by atoms with Gasteiger partial charge in [0.1, 0.15) is 0 Å². The summed E-state index contributed by atoms with van der Waals surface area (Å²) in [5.41, 5.74) is 0.464. The number of hydrogen-bond donors (Lipinski definition) is 0. The fourth-order valence-electron chi connectivity index (χ4n) is 3.60. The van der Waals surface area contributed by atoms with Gasteiger partial charge in [-0.2, -0.15) is 9.78 Å². The summed E-state index contributed by atoms with van der Waals surface area (Å²) in [5.74, 6) is -0.475. The molecule has 166 valence electrons. The molecule has 0 saturated carbocycles. The van der Waals surface area contributed by atoms with Crippen LogP contribution >= 0.6 is 11.6 Å². The van der Waals surface area contributed by atoms with E-state index in [4.69, 9.17) is 11.6 Å². The largest absolute Gasteiger partial charge is 0.352 e. The number of nitrogens with zero attached hydrogens (tertiary/aromatic N) is 5. The average molecular weight is 454 g/mol. The first kappa shape index (κ1) is 22.0. The molecule has 2 heterocycles. The van der Waals surface area contributed by atoms with Crippen LogP contribution in [0.5, 0.6) is 0 Å². The first-order chi connectivity index (χ1) is 15.3. The summed E-state index contributed by atoms with van der Waals surface area (Å²) >= 11 is 6.27. The van der Waals surface area contributed by atoms with Crippen LogP contribution in [0.4, 0.5) is 0 Å². The molecule has 0 spiro atoms. The van der Waals surface area contributed by atoms with Gasteiger partial charge in [-0.1, -0.05) is 47.5 Å². The highest BCUT2D eigenvalue weighted by Crippen LogP contribution is 2.15. The molecule has 3 aromatic rings. The number of aromatic nitrogens is 3. The lowest BCUT2D eigenvalue weighted by atomic mass is 10.2. The zero-order valence-corrected chi connectivity index (χ0v) is 18.7. The van der Waals surface area contributed by atoms with E-state index < -0.39 is 17.2 Å². The van der Waals surface area contributed by atoms with Crippen molar-refractivity contribution >= 4 is 17.5 Å². The minimum Gasteiger partial charge on any atom is -0.335 e. The van der Waals surface area contributed by atoms with Crippen LogP contribution in [0.25, 0.3) is 5.69 Å². The topological polar surface area (TPSA) is 80.4 Å². The number of aryl methyl sites for hydroxylation is 1. The van der Waals surface area contributed by atoms with E-state index in [2.05, 4.69) is 10.00 Å². The Morgan fingerprint density at radius 3 is 2.31 bits per heavy atom. The van der Waals surface area contributed by atoms with Gasteiger partial charge in [-0.05, 0) is 37.7 Å². The van der Waals surface area contributed by atoms with E-state index in [0.717, 1.165) is 14.8 Å². The Labute approximate surface area is 190 Å². The summed E-state index contributed by atoms with van der Waals surface area (Å²) in [6.07, 6.45) is 0.